The zero-order valence-electron chi connectivity index (χ0n) is 15.3. The lowest BCUT2D eigenvalue weighted by Gasteiger charge is -2.28. The first-order valence-corrected chi connectivity index (χ1v) is 9.09. The second-order valence-electron chi connectivity index (χ2n) is 7.00. The Kier molecular flexibility index (Phi) is 5.52. The molecule has 3 nitrogen and oxygen atoms in total. The highest BCUT2D eigenvalue weighted by atomic mass is 35.5. The van der Waals surface area contributed by atoms with Gasteiger partial charge in [0.2, 0.25) is 0 Å². The molecule has 0 spiro atoms. The van der Waals surface area contributed by atoms with Gasteiger partial charge in [-0.1, -0.05) is 12.1 Å². The second-order valence-corrected chi connectivity index (χ2v) is 7.00. The number of rotatable bonds is 3. The van der Waals surface area contributed by atoms with Gasteiger partial charge in [-0.15, -0.1) is 12.4 Å². The molecule has 3 aromatic rings. The molecule has 1 aliphatic heterocycles. The summed E-state index contributed by atoms with van der Waals surface area (Å²) in [7, 11) is 0. The van der Waals surface area contributed by atoms with Gasteiger partial charge in [0.05, 0.1) is 5.52 Å². The summed E-state index contributed by atoms with van der Waals surface area (Å²) in [6, 6.07) is 8.92. The van der Waals surface area contributed by atoms with Crippen molar-refractivity contribution in [2.24, 2.45) is 0 Å². The number of hydrogen-bond donors (Lipinski definition) is 0. The quantitative estimate of drug-likeness (QED) is 0.625. The van der Waals surface area contributed by atoms with Crippen LogP contribution < -0.4 is 4.90 Å². The summed E-state index contributed by atoms with van der Waals surface area (Å²) in [5.41, 5.74) is 4.88. The lowest BCUT2D eigenvalue weighted by atomic mass is 10.1. The zero-order chi connectivity index (χ0) is 17.4. The highest BCUT2D eigenvalue weighted by Crippen LogP contribution is 2.33. The molecular formula is C21H25ClFN3. The molecule has 0 bridgehead atoms. The Hall–Kier alpha value is -2.07. The number of pyridine rings is 1. The van der Waals surface area contributed by atoms with E-state index in [-0.39, 0.29) is 18.2 Å². The Morgan fingerprint density at radius 3 is 2.38 bits per heavy atom. The normalized spacial score (nSPS) is 14.5. The monoisotopic (exact) mass is 373 g/mol. The van der Waals surface area contributed by atoms with Gasteiger partial charge in [0.25, 0.3) is 0 Å². The van der Waals surface area contributed by atoms with Crippen molar-refractivity contribution in [3.05, 3.63) is 59.2 Å². The summed E-state index contributed by atoms with van der Waals surface area (Å²) in [5.74, 6) is 0.903. The maximum Gasteiger partial charge on any atom is 0.153 e. The molecule has 3 heterocycles. The van der Waals surface area contributed by atoms with Crippen LogP contribution in [-0.2, 0) is 6.54 Å². The van der Waals surface area contributed by atoms with Crippen LogP contribution in [0.3, 0.4) is 0 Å². The number of piperidine rings is 1. The molecule has 0 saturated carbocycles. The van der Waals surface area contributed by atoms with E-state index in [1.54, 1.807) is 0 Å². The minimum absolute atomic E-state index is 0. The molecule has 2 aromatic heterocycles. The smallest absolute Gasteiger partial charge is 0.153 e. The van der Waals surface area contributed by atoms with Crippen LogP contribution in [0.15, 0.2) is 36.5 Å². The highest BCUT2D eigenvalue weighted by Gasteiger charge is 2.20. The van der Waals surface area contributed by atoms with Gasteiger partial charge in [-0.25, -0.2) is 9.37 Å². The van der Waals surface area contributed by atoms with Crippen LogP contribution in [0.2, 0.25) is 0 Å². The van der Waals surface area contributed by atoms with Crippen LogP contribution in [0.1, 0.15) is 36.1 Å². The third-order valence-electron chi connectivity index (χ3n) is 5.44. The summed E-state index contributed by atoms with van der Waals surface area (Å²) in [4.78, 5) is 7.17. The molecule has 0 atom stereocenters. The molecule has 5 heteroatoms. The van der Waals surface area contributed by atoms with E-state index in [1.807, 2.05) is 18.3 Å². The van der Waals surface area contributed by atoms with Crippen molar-refractivity contribution in [3.63, 3.8) is 0 Å². The van der Waals surface area contributed by atoms with Crippen LogP contribution >= 0.6 is 12.4 Å². The van der Waals surface area contributed by atoms with Gasteiger partial charge in [-0.05, 0) is 62.4 Å². The predicted molar refractivity (Wildman–Crippen MR) is 108 cm³/mol. The molecule has 1 aliphatic rings. The van der Waals surface area contributed by atoms with Crippen molar-refractivity contribution in [1.82, 2.24) is 9.55 Å². The summed E-state index contributed by atoms with van der Waals surface area (Å²) in [6.07, 6.45) is 5.70. The van der Waals surface area contributed by atoms with Crippen molar-refractivity contribution in [3.8, 4) is 0 Å². The van der Waals surface area contributed by atoms with Crippen molar-refractivity contribution < 1.29 is 4.39 Å². The summed E-state index contributed by atoms with van der Waals surface area (Å²) in [5, 5.41) is 1.27. The fourth-order valence-electron chi connectivity index (χ4n) is 3.88. The minimum atomic E-state index is -0.190. The minimum Gasteiger partial charge on any atom is -0.355 e. The fraction of sp³-hybridized carbons (Fsp3) is 0.381. The largest absolute Gasteiger partial charge is 0.355 e. The molecule has 26 heavy (non-hydrogen) atoms. The Labute approximate surface area is 160 Å². The van der Waals surface area contributed by atoms with Crippen LogP contribution in [0.4, 0.5) is 10.2 Å². The topological polar surface area (TPSA) is 21.1 Å². The van der Waals surface area contributed by atoms with E-state index in [0.29, 0.717) is 0 Å². The van der Waals surface area contributed by atoms with Crippen LogP contribution in [0.25, 0.3) is 10.9 Å². The van der Waals surface area contributed by atoms with E-state index < -0.39 is 0 Å². The molecule has 4 rings (SSSR count). The van der Waals surface area contributed by atoms with E-state index in [9.17, 15) is 4.39 Å². The van der Waals surface area contributed by atoms with E-state index in [2.05, 4.69) is 29.4 Å². The molecule has 0 N–H and O–H groups in total. The van der Waals surface area contributed by atoms with Crippen LogP contribution in [0, 0.1) is 19.7 Å². The number of hydrogen-bond acceptors (Lipinski definition) is 2. The SMILES string of the molecule is Cc1c(C)n(Cc2ccc(F)cc2)c2c(N3CCCCC3)nccc12.Cl. The molecule has 0 amide bonds. The molecule has 1 fully saturated rings. The highest BCUT2D eigenvalue weighted by molar-refractivity contribution is 5.93. The summed E-state index contributed by atoms with van der Waals surface area (Å²) in [6.45, 7) is 7.23. The van der Waals surface area contributed by atoms with Gasteiger partial charge >= 0.3 is 0 Å². The molecule has 0 aliphatic carbocycles. The lowest BCUT2D eigenvalue weighted by molar-refractivity contribution is 0.574. The van der Waals surface area contributed by atoms with E-state index in [0.717, 1.165) is 31.0 Å². The van der Waals surface area contributed by atoms with Gasteiger partial charge in [0, 0.05) is 36.9 Å². The number of nitrogens with zero attached hydrogens (tertiary/aromatic N) is 3. The Morgan fingerprint density at radius 2 is 1.69 bits per heavy atom. The Morgan fingerprint density at radius 1 is 1.00 bits per heavy atom. The first-order valence-electron chi connectivity index (χ1n) is 9.09. The fourth-order valence-corrected chi connectivity index (χ4v) is 3.88. The number of anilines is 1. The van der Waals surface area contributed by atoms with E-state index in [4.69, 9.17) is 4.98 Å². The molecule has 138 valence electrons. The van der Waals surface area contributed by atoms with Crippen molar-refractivity contribution in [2.75, 3.05) is 18.0 Å². The number of fused-ring (bicyclic) bond motifs is 1. The molecule has 1 saturated heterocycles. The number of benzene rings is 1. The third kappa shape index (κ3) is 3.30. The first kappa shape index (κ1) is 18.7. The summed E-state index contributed by atoms with van der Waals surface area (Å²) >= 11 is 0. The number of aryl methyl sites for hydroxylation is 1. The summed E-state index contributed by atoms with van der Waals surface area (Å²) < 4.78 is 15.6. The average Bonchev–Trinajstić information content (AvgIpc) is 2.89. The second kappa shape index (κ2) is 7.67. The first-order chi connectivity index (χ1) is 12.1. The van der Waals surface area contributed by atoms with Gasteiger partial charge in [-0.3, -0.25) is 0 Å². The maximum atomic E-state index is 13.2. The average molecular weight is 374 g/mol. The number of halogens is 2. The van der Waals surface area contributed by atoms with Crippen molar-refractivity contribution >= 4 is 29.1 Å². The molecular weight excluding hydrogens is 349 g/mol. The lowest BCUT2D eigenvalue weighted by Crippen LogP contribution is -2.30. The standard InChI is InChI=1S/C21H24FN3.ClH/c1-15-16(2)25(14-17-6-8-18(22)9-7-17)20-19(15)10-11-23-21(20)24-12-4-3-5-13-24;/h6-11H,3-5,12-14H2,1-2H3;1H. The van der Waals surface area contributed by atoms with Crippen LogP contribution in [-0.4, -0.2) is 22.6 Å². The maximum absolute atomic E-state index is 13.2. The van der Waals surface area contributed by atoms with Crippen LogP contribution in [0.5, 0.6) is 0 Å². The Balaban J connectivity index is 0.00000196. The van der Waals surface area contributed by atoms with Gasteiger partial charge in [-0.2, -0.15) is 0 Å². The molecule has 0 radical (unpaired) electrons. The van der Waals surface area contributed by atoms with E-state index in [1.165, 1.54) is 53.6 Å². The molecule has 1 aromatic carbocycles. The number of aromatic nitrogens is 2. The molecule has 0 unspecified atom stereocenters. The predicted octanol–water partition coefficient (Wildman–Crippen LogP) is 5.25. The van der Waals surface area contributed by atoms with Gasteiger partial charge < -0.3 is 9.47 Å². The van der Waals surface area contributed by atoms with Crippen molar-refractivity contribution in [1.29, 1.82) is 0 Å². The van der Waals surface area contributed by atoms with Gasteiger partial charge in [0.15, 0.2) is 5.82 Å². The van der Waals surface area contributed by atoms with Gasteiger partial charge in [0.1, 0.15) is 5.82 Å². The van der Waals surface area contributed by atoms with E-state index >= 15 is 0 Å². The van der Waals surface area contributed by atoms with Crippen molar-refractivity contribution in [2.45, 2.75) is 39.7 Å². The Bertz CT molecular complexity index is 896. The third-order valence-corrected chi connectivity index (χ3v) is 5.44. The zero-order valence-corrected chi connectivity index (χ0v) is 16.2.